The van der Waals surface area contributed by atoms with Gasteiger partial charge in [0.1, 0.15) is 5.52 Å². The van der Waals surface area contributed by atoms with Crippen molar-refractivity contribution in [1.29, 1.82) is 0 Å². The van der Waals surface area contributed by atoms with Gasteiger partial charge in [-0.05, 0) is 31.5 Å². The van der Waals surface area contributed by atoms with Crippen LogP contribution in [0.2, 0.25) is 0 Å². The molecule has 0 aliphatic carbocycles. The molecule has 1 atom stereocenters. The lowest BCUT2D eigenvalue weighted by atomic mass is 10.1. The van der Waals surface area contributed by atoms with Crippen LogP contribution in [0, 0.1) is 6.92 Å². The lowest BCUT2D eigenvalue weighted by Crippen LogP contribution is -2.10. The second-order valence-electron chi connectivity index (χ2n) is 4.77. The number of rotatable bonds is 2. The van der Waals surface area contributed by atoms with Crippen molar-refractivity contribution in [3.63, 3.8) is 0 Å². The Morgan fingerprint density at radius 3 is 2.63 bits per heavy atom. The monoisotopic (exact) mass is 252 g/mol. The molecule has 2 N–H and O–H groups in total. The largest absolute Gasteiger partial charge is 0.369 e. The molecule has 1 unspecified atom stereocenters. The van der Waals surface area contributed by atoms with Gasteiger partial charge in [-0.1, -0.05) is 29.8 Å². The van der Waals surface area contributed by atoms with Gasteiger partial charge in [-0.3, -0.25) is 4.57 Å². The predicted molar refractivity (Wildman–Crippen MR) is 76.9 cm³/mol. The molecule has 3 aromatic rings. The van der Waals surface area contributed by atoms with E-state index in [1.807, 2.05) is 16.7 Å². The summed E-state index contributed by atoms with van der Waals surface area (Å²) in [6.07, 6.45) is 1.77. The molecule has 1 aromatic carbocycles. The Hall–Kier alpha value is -2.36. The topological polar surface area (TPSA) is 56.7 Å². The van der Waals surface area contributed by atoms with Gasteiger partial charge in [-0.15, -0.1) is 0 Å². The molecular weight excluding hydrogens is 236 g/mol. The van der Waals surface area contributed by atoms with Gasteiger partial charge in [0.05, 0.1) is 6.04 Å². The van der Waals surface area contributed by atoms with Crippen molar-refractivity contribution >= 4 is 17.1 Å². The normalized spacial score (nSPS) is 12.7. The maximum absolute atomic E-state index is 6.03. The van der Waals surface area contributed by atoms with Crippen molar-refractivity contribution in [1.82, 2.24) is 14.5 Å². The highest BCUT2D eigenvalue weighted by molar-refractivity contribution is 5.74. The molecule has 2 aromatic heterocycles. The highest BCUT2D eigenvalue weighted by Gasteiger charge is 2.15. The number of nitrogen functional groups attached to an aromatic ring is 1. The summed E-state index contributed by atoms with van der Waals surface area (Å²) in [5.74, 6) is 0.502. The van der Waals surface area contributed by atoms with Crippen molar-refractivity contribution in [3.05, 3.63) is 53.7 Å². The Morgan fingerprint density at radius 1 is 1.16 bits per heavy atom. The second-order valence-corrected chi connectivity index (χ2v) is 4.77. The molecule has 4 heteroatoms. The number of nitrogens with zero attached hydrogens (tertiary/aromatic N) is 3. The van der Waals surface area contributed by atoms with Gasteiger partial charge in [0.25, 0.3) is 0 Å². The molecule has 0 fully saturated rings. The molecule has 3 rings (SSSR count). The van der Waals surface area contributed by atoms with Crippen LogP contribution in [0.1, 0.15) is 24.1 Å². The third-order valence-electron chi connectivity index (χ3n) is 3.42. The summed E-state index contributed by atoms with van der Waals surface area (Å²) in [6.45, 7) is 4.19. The van der Waals surface area contributed by atoms with Crippen LogP contribution >= 0.6 is 0 Å². The van der Waals surface area contributed by atoms with Crippen LogP contribution in [0.4, 0.5) is 5.95 Å². The van der Waals surface area contributed by atoms with Crippen LogP contribution in [-0.2, 0) is 0 Å². The summed E-state index contributed by atoms with van der Waals surface area (Å²) in [6, 6.07) is 12.4. The quantitative estimate of drug-likeness (QED) is 0.763. The molecule has 0 aliphatic heterocycles. The van der Waals surface area contributed by atoms with Crippen LogP contribution in [0.15, 0.2) is 42.6 Å². The van der Waals surface area contributed by atoms with Gasteiger partial charge < -0.3 is 5.73 Å². The fourth-order valence-electron chi connectivity index (χ4n) is 2.32. The average Bonchev–Trinajstić information content (AvgIpc) is 2.74. The Morgan fingerprint density at radius 2 is 1.89 bits per heavy atom. The molecule has 0 saturated carbocycles. The number of pyridine rings is 1. The summed E-state index contributed by atoms with van der Waals surface area (Å²) >= 11 is 0. The molecule has 19 heavy (non-hydrogen) atoms. The molecule has 0 bridgehead atoms. The average molecular weight is 252 g/mol. The lowest BCUT2D eigenvalue weighted by molar-refractivity contribution is 0.662. The van der Waals surface area contributed by atoms with Gasteiger partial charge in [-0.25, -0.2) is 9.97 Å². The first-order valence-electron chi connectivity index (χ1n) is 6.32. The minimum absolute atomic E-state index is 0.112. The molecule has 0 radical (unpaired) electrons. The van der Waals surface area contributed by atoms with E-state index >= 15 is 0 Å². The third-order valence-corrected chi connectivity index (χ3v) is 3.42. The molecule has 0 saturated heterocycles. The summed E-state index contributed by atoms with van der Waals surface area (Å²) in [5.41, 5.74) is 10.1. The second kappa shape index (κ2) is 4.39. The lowest BCUT2D eigenvalue weighted by Gasteiger charge is -2.16. The molecule has 96 valence electrons. The van der Waals surface area contributed by atoms with E-state index in [4.69, 9.17) is 5.73 Å². The molecular formula is C15H16N4. The minimum Gasteiger partial charge on any atom is -0.369 e. The number of aryl methyl sites for hydroxylation is 1. The molecule has 2 heterocycles. The molecule has 0 amide bonds. The fourth-order valence-corrected chi connectivity index (χ4v) is 2.32. The highest BCUT2D eigenvalue weighted by atomic mass is 15.2. The third kappa shape index (κ3) is 1.95. The van der Waals surface area contributed by atoms with E-state index in [-0.39, 0.29) is 6.04 Å². The maximum Gasteiger partial charge on any atom is 0.203 e. The number of hydrogen-bond donors (Lipinski definition) is 1. The van der Waals surface area contributed by atoms with E-state index in [2.05, 4.69) is 48.1 Å². The maximum atomic E-state index is 6.03. The number of aromatic nitrogens is 3. The Balaban J connectivity index is 2.13. The number of fused-ring (bicyclic) bond motifs is 1. The molecule has 0 spiro atoms. The van der Waals surface area contributed by atoms with Crippen molar-refractivity contribution in [2.24, 2.45) is 0 Å². The zero-order chi connectivity index (χ0) is 13.4. The standard InChI is InChI=1S/C15H16N4/c1-10-5-7-12(8-6-10)11(2)19-14-13(18-15(19)16)4-3-9-17-14/h3-9,11H,1-2H3,(H2,16,18). The number of nitrogens with two attached hydrogens (primary N) is 1. The minimum atomic E-state index is 0.112. The number of anilines is 1. The van der Waals surface area contributed by atoms with Crippen molar-refractivity contribution < 1.29 is 0 Å². The van der Waals surface area contributed by atoms with Gasteiger partial charge >= 0.3 is 0 Å². The van der Waals surface area contributed by atoms with Gasteiger partial charge in [-0.2, -0.15) is 0 Å². The smallest absolute Gasteiger partial charge is 0.203 e. The van der Waals surface area contributed by atoms with E-state index in [0.29, 0.717) is 5.95 Å². The summed E-state index contributed by atoms with van der Waals surface area (Å²) in [4.78, 5) is 8.74. The van der Waals surface area contributed by atoms with Crippen molar-refractivity contribution in [2.45, 2.75) is 19.9 Å². The van der Waals surface area contributed by atoms with Crippen LogP contribution in [0.5, 0.6) is 0 Å². The van der Waals surface area contributed by atoms with E-state index < -0.39 is 0 Å². The summed E-state index contributed by atoms with van der Waals surface area (Å²) in [7, 11) is 0. The van der Waals surface area contributed by atoms with Crippen molar-refractivity contribution in [2.75, 3.05) is 5.73 Å². The van der Waals surface area contributed by atoms with Crippen LogP contribution < -0.4 is 5.73 Å². The van der Waals surface area contributed by atoms with Crippen LogP contribution in [0.3, 0.4) is 0 Å². The molecule has 0 aliphatic rings. The zero-order valence-corrected chi connectivity index (χ0v) is 11.0. The summed E-state index contributed by atoms with van der Waals surface area (Å²) < 4.78 is 1.97. The van der Waals surface area contributed by atoms with Gasteiger partial charge in [0.2, 0.25) is 5.95 Å². The Bertz CT molecular complexity index is 713. The van der Waals surface area contributed by atoms with E-state index in [0.717, 1.165) is 11.2 Å². The number of benzene rings is 1. The highest BCUT2D eigenvalue weighted by Crippen LogP contribution is 2.25. The predicted octanol–water partition coefficient (Wildman–Crippen LogP) is 2.93. The van der Waals surface area contributed by atoms with E-state index in [1.165, 1.54) is 11.1 Å². The number of hydrogen-bond acceptors (Lipinski definition) is 3. The van der Waals surface area contributed by atoms with Gasteiger partial charge in [0, 0.05) is 6.20 Å². The van der Waals surface area contributed by atoms with Gasteiger partial charge in [0.15, 0.2) is 5.65 Å². The first-order chi connectivity index (χ1) is 9.16. The van der Waals surface area contributed by atoms with Crippen LogP contribution in [-0.4, -0.2) is 14.5 Å². The van der Waals surface area contributed by atoms with Crippen LogP contribution in [0.25, 0.3) is 11.2 Å². The SMILES string of the molecule is Cc1ccc(C(C)n2c(N)nc3cccnc32)cc1. The number of imidazole rings is 1. The van der Waals surface area contributed by atoms with E-state index in [1.54, 1.807) is 6.20 Å². The first-order valence-corrected chi connectivity index (χ1v) is 6.32. The Labute approximate surface area is 111 Å². The molecule has 4 nitrogen and oxygen atoms in total. The van der Waals surface area contributed by atoms with E-state index in [9.17, 15) is 0 Å². The Kier molecular flexibility index (Phi) is 2.71. The zero-order valence-electron chi connectivity index (χ0n) is 11.0. The van der Waals surface area contributed by atoms with Crippen molar-refractivity contribution in [3.8, 4) is 0 Å². The first kappa shape index (κ1) is 11.7. The summed E-state index contributed by atoms with van der Waals surface area (Å²) in [5, 5.41) is 0. The fraction of sp³-hybridized carbons (Fsp3) is 0.200.